The topological polar surface area (TPSA) is 78.5 Å². The average molecular weight is 655 g/mol. The second-order valence-electron chi connectivity index (χ2n) is 8.90. The summed E-state index contributed by atoms with van der Waals surface area (Å²) in [5, 5.41) is 4.38. The van der Waals surface area contributed by atoms with Crippen molar-refractivity contribution in [1.82, 2.24) is 0 Å². The van der Waals surface area contributed by atoms with Gasteiger partial charge in [0.2, 0.25) is 5.91 Å². The third kappa shape index (κ3) is 6.08. The van der Waals surface area contributed by atoms with Crippen LogP contribution in [0.3, 0.4) is 0 Å². The molecule has 216 valence electrons. The fourth-order valence-electron chi connectivity index (χ4n) is 4.16. The SMILES string of the molecule is CN(C(=O)C(F)F)c1c(F)ccc(NC(=O)c2cc(NC(=O)[C@H]3[C@H](c4ccc(F)c(Cl)c4)C3(Cl)Cl)ccc2Cl)c1F. The summed E-state index contributed by atoms with van der Waals surface area (Å²) in [6.07, 6.45) is -3.53. The van der Waals surface area contributed by atoms with Crippen LogP contribution in [0.2, 0.25) is 10.0 Å². The largest absolute Gasteiger partial charge is 0.326 e. The molecular formula is C26H16Cl4F5N3O3. The van der Waals surface area contributed by atoms with E-state index in [0.717, 1.165) is 25.2 Å². The number of rotatable bonds is 7. The summed E-state index contributed by atoms with van der Waals surface area (Å²) in [4.78, 5) is 37.5. The molecule has 41 heavy (non-hydrogen) atoms. The third-order valence-corrected chi connectivity index (χ3v) is 7.84. The number of carbonyl (C=O) groups excluding carboxylic acids is 3. The van der Waals surface area contributed by atoms with E-state index in [1.54, 1.807) is 0 Å². The van der Waals surface area contributed by atoms with E-state index in [1.807, 2.05) is 0 Å². The van der Waals surface area contributed by atoms with Crippen LogP contribution in [0.4, 0.5) is 39.0 Å². The highest BCUT2D eigenvalue weighted by molar-refractivity contribution is 6.53. The minimum absolute atomic E-state index is 0.0685. The van der Waals surface area contributed by atoms with E-state index in [2.05, 4.69) is 10.6 Å². The maximum Gasteiger partial charge on any atom is 0.316 e. The van der Waals surface area contributed by atoms with Crippen molar-refractivity contribution in [3.05, 3.63) is 87.2 Å². The third-order valence-electron chi connectivity index (χ3n) is 6.29. The quantitative estimate of drug-likeness (QED) is 0.206. The fraction of sp³-hybridized carbons (Fsp3) is 0.192. The van der Waals surface area contributed by atoms with Crippen molar-refractivity contribution in [1.29, 1.82) is 0 Å². The predicted molar refractivity (Wildman–Crippen MR) is 146 cm³/mol. The monoisotopic (exact) mass is 653 g/mol. The first-order chi connectivity index (χ1) is 19.1. The van der Waals surface area contributed by atoms with Gasteiger partial charge in [-0.25, -0.2) is 13.2 Å². The lowest BCUT2D eigenvalue weighted by Crippen LogP contribution is -2.33. The standard InChI is InChI=1S/C26H16Cl4F5N3O3/c1-38(25(41)22(34)35)21-16(32)6-7-17(20(21)33)37-23(39)12-9-11(3-4-13(12)27)36-24(40)19-18(26(19,29)30)10-2-5-15(31)14(28)8-10/h2-9,18-19,22H,1H3,(H,36,40)(H,37,39)/t18-,19+/m0/s1. The van der Waals surface area contributed by atoms with Gasteiger partial charge < -0.3 is 15.5 Å². The van der Waals surface area contributed by atoms with Gasteiger partial charge in [0.05, 0.1) is 27.2 Å². The van der Waals surface area contributed by atoms with E-state index in [4.69, 9.17) is 46.4 Å². The van der Waals surface area contributed by atoms with Crippen LogP contribution in [0, 0.1) is 23.4 Å². The van der Waals surface area contributed by atoms with Crippen molar-refractivity contribution < 1.29 is 36.3 Å². The number of hydrogen-bond acceptors (Lipinski definition) is 3. The molecule has 0 spiro atoms. The van der Waals surface area contributed by atoms with Crippen molar-refractivity contribution in [2.24, 2.45) is 5.92 Å². The zero-order chi connectivity index (χ0) is 30.4. The molecule has 0 bridgehead atoms. The second-order valence-corrected chi connectivity index (χ2v) is 11.2. The Hall–Kier alpha value is -3.12. The van der Waals surface area contributed by atoms with Crippen molar-refractivity contribution in [2.75, 3.05) is 22.6 Å². The minimum Gasteiger partial charge on any atom is -0.326 e. The lowest BCUT2D eigenvalue weighted by molar-refractivity contribution is -0.128. The highest BCUT2D eigenvalue weighted by atomic mass is 35.5. The van der Waals surface area contributed by atoms with Gasteiger partial charge in [-0.3, -0.25) is 14.4 Å². The lowest BCUT2D eigenvalue weighted by atomic mass is 10.1. The van der Waals surface area contributed by atoms with Crippen LogP contribution in [-0.2, 0) is 9.59 Å². The Morgan fingerprint density at radius 3 is 2.20 bits per heavy atom. The number of nitrogens with zero attached hydrogens (tertiary/aromatic N) is 1. The normalized spacial score (nSPS) is 17.2. The van der Waals surface area contributed by atoms with Gasteiger partial charge in [-0.1, -0.05) is 29.3 Å². The summed E-state index contributed by atoms with van der Waals surface area (Å²) >= 11 is 24.6. The predicted octanol–water partition coefficient (Wildman–Crippen LogP) is 7.42. The van der Waals surface area contributed by atoms with E-state index < -0.39 is 69.1 Å². The molecule has 1 aliphatic rings. The molecule has 1 saturated carbocycles. The van der Waals surface area contributed by atoms with Crippen LogP contribution < -0.4 is 15.5 Å². The van der Waals surface area contributed by atoms with E-state index >= 15 is 0 Å². The van der Waals surface area contributed by atoms with Gasteiger partial charge in [-0.2, -0.15) is 8.78 Å². The van der Waals surface area contributed by atoms with E-state index in [1.165, 1.54) is 24.3 Å². The molecule has 3 aromatic carbocycles. The van der Waals surface area contributed by atoms with Gasteiger partial charge in [0.1, 0.15) is 21.7 Å². The molecule has 3 aromatic rings. The molecule has 3 amide bonds. The van der Waals surface area contributed by atoms with Crippen molar-refractivity contribution in [3.63, 3.8) is 0 Å². The van der Waals surface area contributed by atoms with E-state index in [-0.39, 0.29) is 26.2 Å². The van der Waals surface area contributed by atoms with E-state index in [0.29, 0.717) is 11.6 Å². The van der Waals surface area contributed by atoms with Crippen LogP contribution >= 0.6 is 46.4 Å². The van der Waals surface area contributed by atoms with Gasteiger partial charge in [0.15, 0.2) is 5.82 Å². The number of anilines is 3. The molecule has 4 rings (SSSR count). The van der Waals surface area contributed by atoms with Gasteiger partial charge >= 0.3 is 6.43 Å². The Kier molecular flexibility index (Phi) is 8.75. The first-order valence-corrected chi connectivity index (χ1v) is 12.9. The molecule has 0 radical (unpaired) electrons. The zero-order valence-electron chi connectivity index (χ0n) is 20.4. The second kappa shape index (κ2) is 11.6. The van der Waals surface area contributed by atoms with Crippen molar-refractivity contribution in [2.45, 2.75) is 16.7 Å². The lowest BCUT2D eigenvalue weighted by Gasteiger charge is -2.20. The highest BCUT2D eigenvalue weighted by Gasteiger charge is 2.67. The number of nitrogens with one attached hydrogen (secondary N) is 2. The molecular weight excluding hydrogens is 639 g/mol. The van der Waals surface area contributed by atoms with Gasteiger partial charge in [0.25, 0.3) is 11.8 Å². The summed E-state index contributed by atoms with van der Waals surface area (Å²) in [7, 11) is 0.746. The first kappa shape index (κ1) is 30.8. The summed E-state index contributed by atoms with van der Waals surface area (Å²) < 4.78 is 66.8. The summed E-state index contributed by atoms with van der Waals surface area (Å²) in [6, 6.07) is 9.07. The Morgan fingerprint density at radius 1 is 0.902 bits per heavy atom. The number of benzene rings is 3. The molecule has 2 N–H and O–H groups in total. The highest BCUT2D eigenvalue weighted by Crippen LogP contribution is 2.65. The van der Waals surface area contributed by atoms with Crippen LogP contribution in [0.15, 0.2) is 48.5 Å². The van der Waals surface area contributed by atoms with Crippen LogP contribution in [-0.4, -0.2) is 35.5 Å². The van der Waals surface area contributed by atoms with Crippen molar-refractivity contribution in [3.8, 4) is 0 Å². The minimum atomic E-state index is -3.53. The number of alkyl halides is 4. The molecule has 2 atom stereocenters. The van der Waals surface area contributed by atoms with Gasteiger partial charge in [-0.05, 0) is 48.0 Å². The molecule has 1 aliphatic carbocycles. The Morgan fingerprint density at radius 2 is 1.56 bits per heavy atom. The number of halogens is 9. The van der Waals surface area contributed by atoms with Crippen LogP contribution in [0.25, 0.3) is 0 Å². The molecule has 0 unspecified atom stereocenters. The molecule has 1 fully saturated rings. The average Bonchev–Trinajstić information content (AvgIpc) is 3.49. The van der Waals surface area contributed by atoms with Gasteiger partial charge in [0, 0.05) is 18.7 Å². The maximum absolute atomic E-state index is 15.0. The number of amides is 3. The zero-order valence-corrected chi connectivity index (χ0v) is 23.4. The summed E-state index contributed by atoms with van der Waals surface area (Å²) in [5.41, 5.74) is -1.50. The summed E-state index contributed by atoms with van der Waals surface area (Å²) in [5.74, 6) is -8.69. The molecule has 0 heterocycles. The number of carbonyl (C=O) groups is 3. The molecule has 15 heteroatoms. The molecule has 0 aromatic heterocycles. The van der Waals surface area contributed by atoms with Gasteiger partial charge in [-0.15, -0.1) is 23.2 Å². The smallest absolute Gasteiger partial charge is 0.316 e. The Labute approximate surface area is 249 Å². The first-order valence-electron chi connectivity index (χ1n) is 11.4. The van der Waals surface area contributed by atoms with Crippen molar-refractivity contribution >= 4 is 81.2 Å². The Bertz CT molecular complexity index is 1570. The molecule has 0 saturated heterocycles. The maximum atomic E-state index is 15.0. The van der Waals surface area contributed by atoms with Crippen LogP contribution in [0.1, 0.15) is 21.8 Å². The molecule has 6 nitrogen and oxygen atoms in total. The number of hydrogen-bond donors (Lipinski definition) is 2. The molecule has 0 aliphatic heterocycles. The fourth-order valence-corrected chi connectivity index (χ4v) is 5.38. The summed E-state index contributed by atoms with van der Waals surface area (Å²) in [6.45, 7) is 0. The Balaban J connectivity index is 1.53. The van der Waals surface area contributed by atoms with Crippen LogP contribution in [0.5, 0.6) is 0 Å². The van der Waals surface area contributed by atoms with E-state index in [9.17, 15) is 36.3 Å².